The third-order valence-electron chi connectivity index (χ3n) is 7.46. The summed E-state index contributed by atoms with van der Waals surface area (Å²) >= 11 is 0. The van der Waals surface area contributed by atoms with Crippen molar-refractivity contribution in [1.82, 2.24) is 0 Å². The maximum absolute atomic E-state index is 14.0. The number of carbonyl (C=O) groups is 2. The average molecular weight is 535 g/mol. The van der Waals surface area contributed by atoms with E-state index >= 15 is 0 Å². The molecule has 0 spiro atoms. The summed E-state index contributed by atoms with van der Waals surface area (Å²) < 4.78 is 4.97. The summed E-state index contributed by atoms with van der Waals surface area (Å²) in [6.07, 6.45) is 0.944. The van der Waals surface area contributed by atoms with E-state index in [0.717, 1.165) is 15.9 Å². The normalized spacial score (nSPS) is 13.0. The lowest BCUT2D eigenvalue weighted by molar-refractivity contribution is -0.141. The average Bonchev–Trinajstić information content (AvgIpc) is 2.87. The zero-order valence-electron chi connectivity index (χ0n) is 22.6. The highest BCUT2D eigenvalue weighted by Gasteiger charge is 2.40. The van der Waals surface area contributed by atoms with Crippen LogP contribution in [0.4, 0.5) is 0 Å². The van der Waals surface area contributed by atoms with Crippen molar-refractivity contribution in [3.05, 3.63) is 91.0 Å². The summed E-state index contributed by atoms with van der Waals surface area (Å²) in [5, 5.41) is 2.95. The van der Waals surface area contributed by atoms with Crippen molar-refractivity contribution < 1.29 is 19.1 Å². The van der Waals surface area contributed by atoms with Gasteiger partial charge in [0.15, 0.2) is 14.1 Å². The molecule has 1 atom stereocenters. The van der Waals surface area contributed by atoms with E-state index in [9.17, 15) is 14.4 Å². The van der Waals surface area contributed by atoms with Gasteiger partial charge in [0.1, 0.15) is 0 Å². The number of Topliss-reactive ketones (excluding diaryl/α,β-unsaturated/α-hetero) is 1. The Balaban J connectivity index is 2.16. The van der Waals surface area contributed by atoms with Crippen LogP contribution in [-0.2, 0) is 14.3 Å². The highest BCUT2D eigenvalue weighted by atomic mass is 31.2. The molecule has 6 heteroatoms. The third-order valence-corrected chi connectivity index (χ3v) is 15.0. The molecule has 0 aliphatic rings. The Hall–Kier alpha value is -2.72. The molecular formula is C31H39O4PSi. The van der Waals surface area contributed by atoms with Crippen LogP contribution in [0.5, 0.6) is 0 Å². The Bertz CT molecular complexity index is 1130. The maximum Gasteiger partial charge on any atom is 0.305 e. The zero-order chi connectivity index (χ0) is 27.1. The van der Waals surface area contributed by atoms with Gasteiger partial charge in [0.2, 0.25) is 0 Å². The van der Waals surface area contributed by atoms with E-state index in [4.69, 9.17) is 4.74 Å². The van der Waals surface area contributed by atoms with Gasteiger partial charge >= 0.3 is 5.97 Å². The Morgan fingerprint density at radius 2 is 1.24 bits per heavy atom. The molecule has 0 aliphatic carbocycles. The van der Waals surface area contributed by atoms with Crippen molar-refractivity contribution in [3.8, 4) is 0 Å². The third kappa shape index (κ3) is 6.98. The van der Waals surface area contributed by atoms with E-state index in [1.165, 1.54) is 7.11 Å². The Morgan fingerprint density at radius 1 is 0.838 bits per heavy atom. The number of ether oxygens (including phenoxy) is 1. The van der Waals surface area contributed by atoms with Gasteiger partial charge in [-0.05, 0) is 59.1 Å². The summed E-state index contributed by atoms with van der Waals surface area (Å²) in [6.45, 7) is 5.47. The van der Waals surface area contributed by atoms with Gasteiger partial charge in [-0.25, -0.2) is 0 Å². The van der Waals surface area contributed by atoms with E-state index < -0.39 is 15.2 Å². The first-order valence-corrected chi connectivity index (χ1v) is 17.5. The molecule has 0 saturated carbocycles. The molecule has 196 valence electrons. The summed E-state index contributed by atoms with van der Waals surface area (Å²) in [5.41, 5.74) is 0. The molecule has 1 N–H and O–H groups in total. The largest absolute Gasteiger partial charge is 0.469 e. The molecule has 37 heavy (non-hydrogen) atoms. The first-order chi connectivity index (χ1) is 17.5. The molecule has 4 nitrogen and oxygen atoms in total. The van der Waals surface area contributed by atoms with Crippen LogP contribution in [0.3, 0.4) is 0 Å². The lowest BCUT2D eigenvalue weighted by atomic mass is 9.89. The minimum atomic E-state index is -2.53. The van der Waals surface area contributed by atoms with Gasteiger partial charge in [0.25, 0.3) is 0 Å². The predicted octanol–water partition coefficient (Wildman–Crippen LogP) is 5.29. The van der Waals surface area contributed by atoms with Crippen LogP contribution in [0.25, 0.3) is 0 Å². The van der Waals surface area contributed by atoms with E-state index in [0.29, 0.717) is 6.42 Å². The Kier molecular flexibility index (Phi) is 9.52. The van der Waals surface area contributed by atoms with Crippen LogP contribution >= 0.6 is 6.89 Å². The quantitative estimate of drug-likeness (QED) is 0.206. The zero-order valence-corrected chi connectivity index (χ0v) is 24.4. The molecule has 0 heterocycles. The molecule has 0 aliphatic heterocycles. The monoisotopic (exact) mass is 534 g/mol. The first kappa shape index (κ1) is 28.8. The number of methoxy groups -OCH3 is 1. The SMILES string of the molecule is COC(=O)C[C@@H](CC(=O)C=P(c1ccccc1)(c1ccccc1)c1ccccc1)CC(C)(C)[Si](C)(C)O. The highest BCUT2D eigenvalue weighted by molar-refractivity contribution is 7.95. The van der Waals surface area contributed by atoms with Gasteiger partial charge in [0, 0.05) is 12.8 Å². The smallest absolute Gasteiger partial charge is 0.305 e. The van der Waals surface area contributed by atoms with E-state index in [1.807, 2.05) is 87.3 Å². The molecular weight excluding hydrogens is 495 g/mol. The summed E-state index contributed by atoms with van der Waals surface area (Å²) in [6, 6.07) is 30.7. The van der Waals surface area contributed by atoms with Gasteiger partial charge in [-0.1, -0.05) is 105 Å². The fourth-order valence-electron chi connectivity index (χ4n) is 4.72. The van der Waals surface area contributed by atoms with Gasteiger partial charge < -0.3 is 9.53 Å². The second-order valence-corrected chi connectivity index (χ2v) is 18.5. The van der Waals surface area contributed by atoms with Crippen LogP contribution in [0.1, 0.15) is 33.1 Å². The lowest BCUT2D eigenvalue weighted by Crippen LogP contribution is -2.40. The number of hydrogen-bond acceptors (Lipinski definition) is 4. The van der Waals surface area contributed by atoms with Crippen LogP contribution in [0.15, 0.2) is 91.0 Å². The number of ketones is 1. The number of benzene rings is 3. The van der Waals surface area contributed by atoms with Crippen LogP contribution < -0.4 is 15.9 Å². The molecule has 0 bridgehead atoms. The maximum atomic E-state index is 14.0. The highest BCUT2D eigenvalue weighted by Crippen LogP contribution is 2.45. The molecule has 0 fully saturated rings. The van der Waals surface area contributed by atoms with Gasteiger partial charge in [0.05, 0.1) is 7.11 Å². The van der Waals surface area contributed by atoms with E-state index in [-0.39, 0.29) is 35.6 Å². The molecule has 0 saturated heterocycles. The van der Waals surface area contributed by atoms with Crippen molar-refractivity contribution in [3.63, 3.8) is 0 Å². The number of carbonyl (C=O) groups excluding carboxylic acids is 2. The molecule has 3 aromatic carbocycles. The van der Waals surface area contributed by atoms with Gasteiger partial charge in [-0.2, -0.15) is 0 Å². The fraction of sp³-hybridized carbons (Fsp3) is 0.323. The molecule has 0 radical (unpaired) electrons. The molecule has 0 unspecified atom stereocenters. The fourth-order valence-corrected chi connectivity index (χ4v) is 9.31. The van der Waals surface area contributed by atoms with Crippen molar-refractivity contribution in [1.29, 1.82) is 0 Å². The molecule has 3 rings (SSSR count). The van der Waals surface area contributed by atoms with Gasteiger partial charge in [-0.15, -0.1) is 0 Å². The Labute approximate surface area is 222 Å². The van der Waals surface area contributed by atoms with Crippen LogP contribution in [0.2, 0.25) is 18.1 Å². The summed E-state index contributed by atoms with van der Waals surface area (Å²) in [4.78, 5) is 37.2. The summed E-state index contributed by atoms with van der Waals surface area (Å²) in [5.74, 6) is 1.38. The Morgan fingerprint density at radius 3 is 1.59 bits per heavy atom. The summed E-state index contributed by atoms with van der Waals surface area (Å²) in [7, 11) is -1.16. The minimum absolute atomic E-state index is 0.00649. The van der Waals surface area contributed by atoms with Crippen molar-refractivity contribution >= 4 is 48.7 Å². The molecule has 0 aromatic heterocycles. The number of hydrogen-bond donors (Lipinski definition) is 1. The number of esters is 1. The van der Waals surface area contributed by atoms with Crippen molar-refractivity contribution in [2.45, 2.75) is 51.2 Å². The standard InChI is InChI=1S/C31H39O4PSi/c1-31(2,37(4,5)34)23-25(22-30(33)35-3)21-26(32)24-36(27-15-9-6-10-16-27,28-17-11-7-12-18-28)29-19-13-8-14-20-29/h6-20,24-25,34H,21-23H2,1-5H3/t25-/m1/s1. The van der Waals surface area contributed by atoms with Crippen molar-refractivity contribution in [2.75, 3.05) is 7.11 Å². The van der Waals surface area contributed by atoms with Crippen LogP contribution in [0, 0.1) is 5.92 Å². The van der Waals surface area contributed by atoms with Crippen LogP contribution in [-0.4, -0.2) is 37.8 Å². The van der Waals surface area contributed by atoms with Gasteiger partial charge in [-0.3, -0.25) is 9.59 Å². The minimum Gasteiger partial charge on any atom is -0.469 e. The van der Waals surface area contributed by atoms with E-state index in [2.05, 4.69) is 36.4 Å². The van der Waals surface area contributed by atoms with Crippen molar-refractivity contribution in [2.24, 2.45) is 5.92 Å². The number of rotatable bonds is 11. The lowest BCUT2D eigenvalue weighted by Gasteiger charge is -2.37. The molecule has 0 amide bonds. The van der Waals surface area contributed by atoms with E-state index in [1.54, 1.807) is 0 Å². The predicted molar refractivity (Wildman–Crippen MR) is 159 cm³/mol. The first-order valence-electron chi connectivity index (χ1n) is 12.7. The second kappa shape index (κ2) is 12.2. The topological polar surface area (TPSA) is 63.6 Å². The molecule has 3 aromatic rings. The second-order valence-electron chi connectivity index (χ2n) is 10.8.